The Morgan fingerprint density at radius 1 is 1.50 bits per heavy atom. The van der Waals surface area contributed by atoms with Crippen molar-refractivity contribution in [3.63, 3.8) is 0 Å². The second kappa shape index (κ2) is 4.08. The van der Waals surface area contributed by atoms with Crippen LogP contribution in [0.4, 0.5) is 13.2 Å². The van der Waals surface area contributed by atoms with Gasteiger partial charge in [0.25, 0.3) is 0 Å². The summed E-state index contributed by atoms with van der Waals surface area (Å²) < 4.78 is 36.6. The van der Waals surface area contributed by atoms with Gasteiger partial charge in [0.1, 0.15) is 5.92 Å². The molecular formula is C11H13F3. The highest BCUT2D eigenvalue weighted by atomic mass is 19.4. The second-order valence-corrected chi connectivity index (χ2v) is 3.93. The average Bonchev–Trinajstić information content (AvgIpc) is 2.02. The van der Waals surface area contributed by atoms with Crippen LogP contribution in [0.15, 0.2) is 11.6 Å². The largest absolute Gasteiger partial charge is 0.402 e. The molecule has 0 N–H and O–H groups in total. The summed E-state index contributed by atoms with van der Waals surface area (Å²) in [5.41, 5.74) is 0.848. The van der Waals surface area contributed by atoms with Crippen LogP contribution in [0.25, 0.3) is 0 Å². The summed E-state index contributed by atoms with van der Waals surface area (Å²) in [5.74, 6) is 3.85. The van der Waals surface area contributed by atoms with Crippen LogP contribution in [0, 0.1) is 23.7 Å². The molecule has 0 nitrogen and oxygen atoms in total. The zero-order valence-corrected chi connectivity index (χ0v) is 8.28. The molecule has 1 aliphatic carbocycles. The number of rotatable bonds is 2. The molecular weight excluding hydrogens is 189 g/mol. The summed E-state index contributed by atoms with van der Waals surface area (Å²) in [6, 6.07) is 0. The van der Waals surface area contributed by atoms with Crippen LogP contribution in [0.2, 0.25) is 0 Å². The highest BCUT2D eigenvalue weighted by Gasteiger charge is 2.38. The van der Waals surface area contributed by atoms with Gasteiger partial charge in [0.2, 0.25) is 0 Å². The van der Waals surface area contributed by atoms with Gasteiger partial charge in [-0.3, -0.25) is 0 Å². The van der Waals surface area contributed by atoms with E-state index < -0.39 is 12.1 Å². The molecule has 0 heterocycles. The Bertz CT molecular complexity index is 286. The highest BCUT2D eigenvalue weighted by molar-refractivity contribution is 5.34. The van der Waals surface area contributed by atoms with E-state index in [0.29, 0.717) is 5.92 Å². The van der Waals surface area contributed by atoms with Gasteiger partial charge < -0.3 is 0 Å². The summed E-state index contributed by atoms with van der Waals surface area (Å²) in [5, 5.41) is 0. The molecule has 14 heavy (non-hydrogen) atoms. The fourth-order valence-electron chi connectivity index (χ4n) is 1.34. The average molecular weight is 202 g/mol. The van der Waals surface area contributed by atoms with Gasteiger partial charge in [-0.25, -0.2) is 0 Å². The van der Waals surface area contributed by atoms with E-state index in [9.17, 15) is 13.2 Å². The molecule has 0 spiro atoms. The van der Waals surface area contributed by atoms with E-state index in [-0.39, 0.29) is 6.42 Å². The standard InChI is InChI=1S/C11H13F3/c1-8(2)7-9-3-5-10(6-4-9)11(12,13)14/h3,8,10H,5,7H2,1-2H3. The van der Waals surface area contributed by atoms with Crippen LogP contribution in [0.3, 0.4) is 0 Å². The van der Waals surface area contributed by atoms with Crippen LogP contribution in [0.5, 0.6) is 0 Å². The van der Waals surface area contributed by atoms with Gasteiger partial charge in [0, 0.05) is 0 Å². The Labute approximate surface area is 82.2 Å². The van der Waals surface area contributed by atoms with Crippen molar-refractivity contribution >= 4 is 0 Å². The summed E-state index contributed by atoms with van der Waals surface area (Å²) >= 11 is 0. The minimum atomic E-state index is -4.17. The van der Waals surface area contributed by atoms with Crippen LogP contribution in [0.1, 0.15) is 26.7 Å². The van der Waals surface area contributed by atoms with E-state index in [1.54, 1.807) is 6.08 Å². The van der Waals surface area contributed by atoms with Crippen molar-refractivity contribution in [2.24, 2.45) is 11.8 Å². The molecule has 0 aliphatic heterocycles. The smallest absolute Gasteiger partial charge is 0.170 e. The van der Waals surface area contributed by atoms with E-state index in [1.165, 1.54) is 0 Å². The summed E-state index contributed by atoms with van der Waals surface area (Å²) in [6.07, 6.45) is -1.77. The predicted molar refractivity (Wildman–Crippen MR) is 49.5 cm³/mol. The van der Waals surface area contributed by atoms with E-state index in [1.807, 2.05) is 13.8 Å². The van der Waals surface area contributed by atoms with Crippen molar-refractivity contribution in [1.82, 2.24) is 0 Å². The number of alkyl halides is 3. The molecule has 3 heteroatoms. The Hall–Kier alpha value is -0.910. The summed E-state index contributed by atoms with van der Waals surface area (Å²) in [4.78, 5) is 0. The van der Waals surface area contributed by atoms with Gasteiger partial charge in [0.05, 0.1) is 0 Å². The molecule has 0 fully saturated rings. The molecule has 0 saturated heterocycles. The van der Waals surface area contributed by atoms with Crippen molar-refractivity contribution in [3.05, 3.63) is 11.6 Å². The van der Waals surface area contributed by atoms with Crippen molar-refractivity contribution < 1.29 is 13.2 Å². The SMILES string of the molecule is CC(C)CC1=CCC(C(F)(F)F)C#C1. The van der Waals surface area contributed by atoms with Crippen LogP contribution in [-0.2, 0) is 0 Å². The minimum Gasteiger partial charge on any atom is -0.170 e. The molecule has 0 saturated carbocycles. The zero-order valence-electron chi connectivity index (χ0n) is 8.28. The topological polar surface area (TPSA) is 0 Å². The van der Waals surface area contributed by atoms with Gasteiger partial charge in [-0.1, -0.05) is 31.8 Å². The van der Waals surface area contributed by atoms with Crippen molar-refractivity contribution in [3.8, 4) is 11.8 Å². The molecule has 0 bridgehead atoms. The molecule has 0 aromatic carbocycles. The molecule has 78 valence electrons. The Balaban J connectivity index is 2.60. The first-order chi connectivity index (χ1) is 6.39. The fraction of sp³-hybridized carbons (Fsp3) is 0.636. The summed E-state index contributed by atoms with van der Waals surface area (Å²) in [6.45, 7) is 4.05. The predicted octanol–water partition coefficient (Wildman–Crippen LogP) is 3.54. The van der Waals surface area contributed by atoms with Crippen molar-refractivity contribution in [2.45, 2.75) is 32.9 Å². The highest BCUT2D eigenvalue weighted by Crippen LogP contribution is 2.31. The van der Waals surface area contributed by atoms with Crippen molar-refractivity contribution in [2.75, 3.05) is 0 Å². The third kappa shape index (κ3) is 3.10. The maximum atomic E-state index is 12.2. The van der Waals surface area contributed by atoms with Crippen LogP contribution >= 0.6 is 0 Å². The molecule has 0 radical (unpaired) electrons. The second-order valence-electron chi connectivity index (χ2n) is 3.93. The molecule has 1 atom stereocenters. The Morgan fingerprint density at radius 3 is 2.50 bits per heavy atom. The molecule has 1 rings (SSSR count). The minimum absolute atomic E-state index is 0.0125. The van der Waals surface area contributed by atoms with Gasteiger partial charge in [-0.2, -0.15) is 13.2 Å². The van der Waals surface area contributed by atoms with E-state index >= 15 is 0 Å². The fourth-order valence-corrected chi connectivity index (χ4v) is 1.34. The third-order valence-electron chi connectivity index (χ3n) is 2.03. The molecule has 1 aliphatic rings. The third-order valence-corrected chi connectivity index (χ3v) is 2.03. The van der Waals surface area contributed by atoms with Crippen molar-refractivity contribution in [1.29, 1.82) is 0 Å². The normalized spacial score (nSPS) is 21.6. The van der Waals surface area contributed by atoms with Gasteiger partial charge in [0.15, 0.2) is 0 Å². The Kier molecular flexibility index (Phi) is 3.25. The lowest BCUT2D eigenvalue weighted by Crippen LogP contribution is -2.22. The molecule has 0 amide bonds. The summed E-state index contributed by atoms with van der Waals surface area (Å²) in [7, 11) is 0. The first kappa shape index (κ1) is 11.2. The lowest BCUT2D eigenvalue weighted by Gasteiger charge is -2.16. The van der Waals surface area contributed by atoms with Crippen LogP contribution < -0.4 is 0 Å². The maximum absolute atomic E-state index is 12.2. The molecule has 0 aromatic heterocycles. The number of hydrogen-bond donors (Lipinski definition) is 0. The number of hydrogen-bond acceptors (Lipinski definition) is 0. The van der Waals surface area contributed by atoms with Crippen LogP contribution in [-0.4, -0.2) is 6.18 Å². The number of allylic oxidation sites excluding steroid dienone is 2. The quantitative estimate of drug-likeness (QED) is 0.601. The molecule has 1 unspecified atom stereocenters. The van der Waals surface area contributed by atoms with E-state index in [4.69, 9.17) is 0 Å². The first-order valence-corrected chi connectivity index (χ1v) is 4.67. The lowest BCUT2D eigenvalue weighted by atomic mass is 9.94. The van der Waals surface area contributed by atoms with Gasteiger partial charge in [-0.15, -0.1) is 0 Å². The maximum Gasteiger partial charge on any atom is 0.402 e. The molecule has 0 aromatic rings. The first-order valence-electron chi connectivity index (χ1n) is 4.67. The van der Waals surface area contributed by atoms with Gasteiger partial charge >= 0.3 is 6.18 Å². The number of halogens is 3. The zero-order chi connectivity index (χ0) is 10.8. The van der Waals surface area contributed by atoms with Gasteiger partial charge in [-0.05, 0) is 24.3 Å². The van der Waals surface area contributed by atoms with E-state index in [2.05, 4.69) is 11.8 Å². The van der Waals surface area contributed by atoms with E-state index in [0.717, 1.165) is 12.0 Å². The lowest BCUT2D eigenvalue weighted by molar-refractivity contribution is -0.157. The Morgan fingerprint density at radius 2 is 2.14 bits per heavy atom. The monoisotopic (exact) mass is 202 g/mol.